The summed E-state index contributed by atoms with van der Waals surface area (Å²) < 4.78 is 5.45. The summed E-state index contributed by atoms with van der Waals surface area (Å²) in [5.74, 6) is 0.0590. The fourth-order valence-electron chi connectivity index (χ4n) is 1.91. The highest BCUT2D eigenvalue weighted by Crippen LogP contribution is 2.27. The number of pyridine rings is 1. The van der Waals surface area contributed by atoms with Crippen LogP contribution in [-0.2, 0) is 4.74 Å². The van der Waals surface area contributed by atoms with E-state index in [1.165, 1.54) is 13.3 Å². The number of fused-ring (bicyclic) bond motifs is 1. The van der Waals surface area contributed by atoms with E-state index in [0.29, 0.717) is 17.2 Å². The van der Waals surface area contributed by atoms with Gasteiger partial charge in [-0.3, -0.25) is 0 Å². The highest BCUT2D eigenvalue weighted by molar-refractivity contribution is 9.10. The Morgan fingerprint density at radius 1 is 1.35 bits per heavy atom. The zero-order valence-electron chi connectivity index (χ0n) is 10.6. The molecule has 0 unspecified atom stereocenters. The molecule has 0 aliphatic heterocycles. The Hall–Kier alpha value is -2.21. The fraction of sp³-hybridized carbons (Fsp3) is 0.0714. The van der Waals surface area contributed by atoms with Crippen LogP contribution in [-0.4, -0.2) is 28.0 Å². The number of para-hydroxylation sites is 1. The normalized spacial score (nSPS) is 10.7. The Labute approximate surface area is 123 Å². The Morgan fingerprint density at radius 2 is 2.15 bits per heavy atom. The van der Waals surface area contributed by atoms with E-state index >= 15 is 0 Å². The highest BCUT2D eigenvalue weighted by atomic mass is 79.9. The lowest BCUT2D eigenvalue weighted by molar-refractivity contribution is 0.0595. The molecule has 0 fully saturated rings. The van der Waals surface area contributed by atoms with Crippen molar-refractivity contribution in [3.63, 3.8) is 0 Å². The largest absolute Gasteiger partial charge is 0.464 e. The molecule has 6 heteroatoms. The molecule has 0 bridgehead atoms. The molecule has 0 spiro atoms. The molecular formula is C14H10BrN3O2. The van der Waals surface area contributed by atoms with Crippen molar-refractivity contribution in [3.05, 3.63) is 46.7 Å². The zero-order valence-corrected chi connectivity index (χ0v) is 12.1. The van der Waals surface area contributed by atoms with Gasteiger partial charge in [0.05, 0.1) is 18.8 Å². The highest BCUT2D eigenvalue weighted by Gasteiger charge is 2.14. The molecular weight excluding hydrogens is 322 g/mol. The van der Waals surface area contributed by atoms with Gasteiger partial charge in [-0.25, -0.2) is 14.8 Å². The van der Waals surface area contributed by atoms with Crippen LogP contribution < -0.4 is 0 Å². The van der Waals surface area contributed by atoms with E-state index in [9.17, 15) is 4.79 Å². The van der Waals surface area contributed by atoms with Gasteiger partial charge in [-0.2, -0.15) is 0 Å². The van der Waals surface area contributed by atoms with Crippen molar-refractivity contribution < 1.29 is 9.53 Å². The van der Waals surface area contributed by atoms with Crippen molar-refractivity contribution >= 4 is 32.8 Å². The molecule has 1 N–H and O–H groups in total. The van der Waals surface area contributed by atoms with Crippen molar-refractivity contribution in [1.82, 2.24) is 15.0 Å². The summed E-state index contributed by atoms with van der Waals surface area (Å²) in [6, 6.07) is 9.76. The summed E-state index contributed by atoms with van der Waals surface area (Å²) in [4.78, 5) is 23.1. The van der Waals surface area contributed by atoms with E-state index in [1.807, 2.05) is 30.3 Å². The Bertz CT molecular complexity index is 798. The van der Waals surface area contributed by atoms with Crippen LogP contribution in [0.2, 0.25) is 0 Å². The predicted molar refractivity (Wildman–Crippen MR) is 78.4 cm³/mol. The molecule has 0 saturated heterocycles. The second kappa shape index (κ2) is 5.05. The molecule has 0 radical (unpaired) electrons. The SMILES string of the molecule is COC(=O)c1cnc(-c2nc3ccccc3cc2Br)[nH]1. The molecule has 100 valence electrons. The first-order chi connectivity index (χ1) is 9.69. The maximum absolute atomic E-state index is 11.4. The molecule has 0 atom stereocenters. The van der Waals surface area contributed by atoms with Gasteiger partial charge < -0.3 is 9.72 Å². The Balaban J connectivity index is 2.11. The standard InChI is InChI=1S/C14H10BrN3O2/c1-20-14(19)11-7-16-13(18-11)12-9(15)6-8-4-2-3-5-10(8)17-12/h2-7H,1H3,(H,16,18). The summed E-state index contributed by atoms with van der Waals surface area (Å²) in [5.41, 5.74) is 1.81. The van der Waals surface area contributed by atoms with Gasteiger partial charge in [0.25, 0.3) is 0 Å². The third kappa shape index (κ3) is 2.18. The molecule has 3 rings (SSSR count). The number of nitrogens with one attached hydrogen (secondary N) is 1. The molecule has 2 aromatic heterocycles. The van der Waals surface area contributed by atoms with Crippen molar-refractivity contribution in [2.24, 2.45) is 0 Å². The van der Waals surface area contributed by atoms with Crippen LogP contribution in [0.4, 0.5) is 0 Å². The van der Waals surface area contributed by atoms with E-state index in [4.69, 9.17) is 0 Å². The number of ether oxygens (including phenoxy) is 1. The molecule has 20 heavy (non-hydrogen) atoms. The number of hydrogen-bond acceptors (Lipinski definition) is 4. The minimum Gasteiger partial charge on any atom is -0.464 e. The van der Waals surface area contributed by atoms with E-state index in [2.05, 4.69) is 35.6 Å². The van der Waals surface area contributed by atoms with Crippen LogP contribution in [0.15, 0.2) is 41.0 Å². The van der Waals surface area contributed by atoms with Crippen molar-refractivity contribution in [2.75, 3.05) is 7.11 Å². The van der Waals surface area contributed by atoms with Gasteiger partial charge >= 0.3 is 5.97 Å². The number of aromatic amines is 1. The van der Waals surface area contributed by atoms with Gasteiger partial charge in [-0.1, -0.05) is 18.2 Å². The summed E-state index contributed by atoms with van der Waals surface area (Å²) in [6.07, 6.45) is 1.43. The molecule has 0 aliphatic carbocycles. The molecule has 2 heterocycles. The van der Waals surface area contributed by atoms with Crippen LogP contribution in [0, 0.1) is 0 Å². The van der Waals surface area contributed by atoms with Gasteiger partial charge in [0, 0.05) is 9.86 Å². The lowest BCUT2D eigenvalue weighted by atomic mass is 10.2. The topological polar surface area (TPSA) is 67.9 Å². The monoisotopic (exact) mass is 331 g/mol. The second-order valence-corrected chi connectivity index (χ2v) is 5.00. The number of carbonyl (C=O) groups is 1. The number of nitrogens with zero attached hydrogens (tertiary/aromatic N) is 2. The van der Waals surface area contributed by atoms with Crippen LogP contribution in [0.3, 0.4) is 0 Å². The maximum atomic E-state index is 11.4. The van der Waals surface area contributed by atoms with Crippen molar-refractivity contribution in [3.8, 4) is 11.5 Å². The summed E-state index contributed by atoms with van der Waals surface area (Å²) in [6.45, 7) is 0. The minimum atomic E-state index is -0.458. The number of carbonyl (C=O) groups excluding carboxylic acids is 1. The number of imidazole rings is 1. The maximum Gasteiger partial charge on any atom is 0.356 e. The summed E-state index contributed by atoms with van der Waals surface area (Å²) >= 11 is 3.48. The summed E-state index contributed by atoms with van der Waals surface area (Å²) in [5, 5.41) is 1.03. The van der Waals surface area contributed by atoms with Crippen LogP contribution >= 0.6 is 15.9 Å². The zero-order chi connectivity index (χ0) is 14.1. The van der Waals surface area contributed by atoms with Gasteiger partial charge in [0.15, 0.2) is 5.82 Å². The van der Waals surface area contributed by atoms with Gasteiger partial charge in [0.1, 0.15) is 11.4 Å². The van der Waals surface area contributed by atoms with E-state index < -0.39 is 5.97 Å². The van der Waals surface area contributed by atoms with Crippen LogP contribution in [0.5, 0.6) is 0 Å². The van der Waals surface area contributed by atoms with Crippen molar-refractivity contribution in [1.29, 1.82) is 0 Å². The van der Waals surface area contributed by atoms with Crippen molar-refractivity contribution in [2.45, 2.75) is 0 Å². The van der Waals surface area contributed by atoms with Crippen LogP contribution in [0.25, 0.3) is 22.4 Å². The third-order valence-electron chi connectivity index (χ3n) is 2.88. The lowest BCUT2D eigenvalue weighted by Crippen LogP contribution is -2.01. The average Bonchev–Trinajstić information content (AvgIpc) is 2.95. The number of halogens is 1. The molecule has 1 aromatic carbocycles. The fourth-order valence-corrected chi connectivity index (χ4v) is 2.43. The number of aromatic nitrogens is 3. The number of methoxy groups -OCH3 is 1. The first kappa shape index (κ1) is 12.8. The first-order valence-electron chi connectivity index (χ1n) is 5.88. The molecule has 3 aromatic rings. The van der Waals surface area contributed by atoms with Gasteiger partial charge in [-0.15, -0.1) is 0 Å². The lowest BCUT2D eigenvalue weighted by Gasteiger charge is -2.03. The molecule has 0 saturated carbocycles. The summed E-state index contributed by atoms with van der Waals surface area (Å²) in [7, 11) is 1.33. The molecule has 0 amide bonds. The quantitative estimate of drug-likeness (QED) is 0.732. The third-order valence-corrected chi connectivity index (χ3v) is 3.49. The second-order valence-electron chi connectivity index (χ2n) is 4.15. The minimum absolute atomic E-state index is 0.296. The Kier molecular flexibility index (Phi) is 3.23. The van der Waals surface area contributed by atoms with Gasteiger partial charge in [0.2, 0.25) is 0 Å². The molecule has 0 aliphatic rings. The van der Waals surface area contributed by atoms with Gasteiger partial charge in [-0.05, 0) is 28.1 Å². The van der Waals surface area contributed by atoms with Crippen LogP contribution in [0.1, 0.15) is 10.5 Å². The first-order valence-corrected chi connectivity index (χ1v) is 6.67. The van der Waals surface area contributed by atoms with E-state index in [0.717, 1.165) is 15.4 Å². The number of hydrogen-bond donors (Lipinski definition) is 1. The Morgan fingerprint density at radius 3 is 2.95 bits per heavy atom. The number of rotatable bonds is 2. The van der Waals surface area contributed by atoms with E-state index in [-0.39, 0.29) is 0 Å². The number of H-pyrrole nitrogens is 1. The smallest absolute Gasteiger partial charge is 0.356 e. The number of benzene rings is 1. The number of esters is 1. The predicted octanol–water partition coefficient (Wildman–Crippen LogP) is 3.17. The average molecular weight is 332 g/mol. The van der Waals surface area contributed by atoms with E-state index in [1.54, 1.807) is 0 Å². The molecule has 5 nitrogen and oxygen atoms in total.